The van der Waals surface area contributed by atoms with Gasteiger partial charge in [-0.1, -0.05) is 0 Å². The Hall–Kier alpha value is -1.98. The summed E-state index contributed by atoms with van der Waals surface area (Å²) >= 11 is 0. The van der Waals surface area contributed by atoms with Crippen LogP contribution in [0.3, 0.4) is 0 Å². The number of aryl methyl sites for hydroxylation is 1. The molecule has 5 nitrogen and oxygen atoms in total. The molecule has 0 radical (unpaired) electrons. The summed E-state index contributed by atoms with van der Waals surface area (Å²) in [5, 5.41) is 0. The summed E-state index contributed by atoms with van der Waals surface area (Å²) in [6.45, 7) is 3.99. The molecule has 0 aromatic carbocycles. The zero-order valence-corrected chi connectivity index (χ0v) is 12.5. The highest BCUT2D eigenvalue weighted by Gasteiger charge is 2.12. The zero-order chi connectivity index (χ0) is 15.1. The van der Waals surface area contributed by atoms with Crippen LogP contribution in [-0.4, -0.2) is 16.1 Å². The van der Waals surface area contributed by atoms with Crippen molar-refractivity contribution in [2.24, 2.45) is 5.84 Å². The summed E-state index contributed by atoms with van der Waals surface area (Å²) in [5.41, 5.74) is 5.13. The molecule has 5 heteroatoms. The van der Waals surface area contributed by atoms with Crippen molar-refractivity contribution in [3.63, 3.8) is 0 Å². The van der Waals surface area contributed by atoms with Gasteiger partial charge in [-0.3, -0.25) is 21.2 Å². The van der Waals surface area contributed by atoms with E-state index in [0.717, 1.165) is 24.2 Å². The van der Waals surface area contributed by atoms with Crippen LogP contribution in [0.1, 0.15) is 37.4 Å². The molecular formula is C16H22N4O. The van der Waals surface area contributed by atoms with Gasteiger partial charge < -0.3 is 4.74 Å². The molecule has 2 heterocycles. The summed E-state index contributed by atoms with van der Waals surface area (Å²) in [6.07, 6.45) is 9.09. The Kier molecular flexibility index (Phi) is 5.66. The smallest absolute Gasteiger partial charge is 0.138 e. The van der Waals surface area contributed by atoms with Crippen molar-refractivity contribution in [1.29, 1.82) is 0 Å². The predicted molar refractivity (Wildman–Crippen MR) is 82.6 cm³/mol. The highest BCUT2D eigenvalue weighted by atomic mass is 16.5. The number of rotatable bonds is 7. The van der Waals surface area contributed by atoms with E-state index in [9.17, 15) is 0 Å². The van der Waals surface area contributed by atoms with Gasteiger partial charge in [0.05, 0.1) is 12.3 Å². The Balaban J connectivity index is 2.03. The molecule has 0 aliphatic carbocycles. The molecule has 21 heavy (non-hydrogen) atoms. The van der Waals surface area contributed by atoms with E-state index in [1.54, 1.807) is 18.6 Å². The van der Waals surface area contributed by atoms with Gasteiger partial charge in [0.25, 0.3) is 0 Å². The molecule has 0 spiro atoms. The van der Waals surface area contributed by atoms with Crippen LogP contribution in [0.25, 0.3) is 0 Å². The summed E-state index contributed by atoms with van der Waals surface area (Å²) in [4.78, 5) is 8.25. The maximum absolute atomic E-state index is 5.69. The quantitative estimate of drug-likeness (QED) is 0.604. The maximum atomic E-state index is 5.69. The molecule has 1 atom stereocenters. The number of nitrogens with zero attached hydrogens (tertiary/aromatic N) is 2. The van der Waals surface area contributed by atoms with Crippen molar-refractivity contribution in [2.45, 2.75) is 38.8 Å². The van der Waals surface area contributed by atoms with Gasteiger partial charge in [0, 0.05) is 24.6 Å². The van der Waals surface area contributed by atoms with Gasteiger partial charge in [0.2, 0.25) is 0 Å². The minimum atomic E-state index is 0.0429. The number of hydrogen-bond donors (Lipinski definition) is 2. The minimum absolute atomic E-state index is 0.0429. The van der Waals surface area contributed by atoms with E-state index in [-0.39, 0.29) is 12.1 Å². The molecular weight excluding hydrogens is 264 g/mol. The van der Waals surface area contributed by atoms with E-state index in [1.165, 1.54) is 5.56 Å². The number of hydrogen-bond acceptors (Lipinski definition) is 5. The molecule has 2 rings (SSSR count). The van der Waals surface area contributed by atoms with E-state index in [4.69, 9.17) is 10.6 Å². The molecule has 2 aromatic heterocycles. The molecule has 2 aromatic rings. The van der Waals surface area contributed by atoms with Gasteiger partial charge in [-0.25, -0.2) is 0 Å². The molecule has 0 aliphatic rings. The second kappa shape index (κ2) is 7.71. The van der Waals surface area contributed by atoms with Crippen LogP contribution in [0.4, 0.5) is 0 Å². The SMILES string of the molecule is CC(C)Oc1cncc(C(CCc2ccncc2)NN)c1. The lowest BCUT2D eigenvalue weighted by molar-refractivity contribution is 0.241. The summed E-state index contributed by atoms with van der Waals surface area (Å²) in [6, 6.07) is 6.07. The topological polar surface area (TPSA) is 73.1 Å². The summed E-state index contributed by atoms with van der Waals surface area (Å²) in [7, 11) is 0. The summed E-state index contributed by atoms with van der Waals surface area (Å²) in [5.74, 6) is 6.46. The van der Waals surface area contributed by atoms with Gasteiger partial charge in [0.1, 0.15) is 5.75 Å². The van der Waals surface area contributed by atoms with Crippen molar-refractivity contribution in [3.05, 3.63) is 54.1 Å². The standard InChI is InChI=1S/C16H22N4O/c1-12(2)21-15-9-14(10-19-11-15)16(20-17)4-3-13-5-7-18-8-6-13/h5-12,16,20H,3-4,17H2,1-2H3. The number of pyridine rings is 2. The lowest BCUT2D eigenvalue weighted by atomic mass is 10.0. The average Bonchev–Trinajstić information content (AvgIpc) is 2.49. The number of ether oxygens (including phenoxy) is 1. The molecule has 0 fully saturated rings. The predicted octanol–water partition coefficient (Wildman–Crippen LogP) is 2.40. The van der Waals surface area contributed by atoms with E-state index in [0.29, 0.717) is 0 Å². The van der Waals surface area contributed by atoms with Crippen LogP contribution < -0.4 is 16.0 Å². The largest absolute Gasteiger partial charge is 0.489 e. The van der Waals surface area contributed by atoms with Gasteiger partial charge >= 0.3 is 0 Å². The molecule has 0 saturated heterocycles. The third-order valence-electron chi connectivity index (χ3n) is 3.18. The van der Waals surface area contributed by atoms with Gasteiger partial charge in [-0.05, 0) is 56.0 Å². The minimum Gasteiger partial charge on any atom is -0.489 e. The molecule has 3 N–H and O–H groups in total. The fraction of sp³-hybridized carbons (Fsp3) is 0.375. The van der Waals surface area contributed by atoms with Crippen LogP contribution in [0.2, 0.25) is 0 Å². The van der Waals surface area contributed by atoms with Gasteiger partial charge in [-0.15, -0.1) is 0 Å². The van der Waals surface area contributed by atoms with Gasteiger partial charge in [-0.2, -0.15) is 0 Å². The lowest BCUT2D eigenvalue weighted by Gasteiger charge is -2.17. The lowest BCUT2D eigenvalue weighted by Crippen LogP contribution is -2.28. The number of nitrogens with one attached hydrogen (secondary N) is 1. The Morgan fingerprint density at radius 3 is 2.62 bits per heavy atom. The van der Waals surface area contributed by atoms with E-state index >= 15 is 0 Å². The van der Waals surface area contributed by atoms with Crippen molar-refractivity contribution < 1.29 is 4.74 Å². The molecule has 0 bridgehead atoms. The number of nitrogens with two attached hydrogens (primary N) is 1. The van der Waals surface area contributed by atoms with Gasteiger partial charge in [0.15, 0.2) is 0 Å². The van der Waals surface area contributed by atoms with Crippen molar-refractivity contribution in [3.8, 4) is 5.75 Å². The number of aromatic nitrogens is 2. The van der Waals surface area contributed by atoms with Crippen LogP contribution in [0, 0.1) is 0 Å². The van der Waals surface area contributed by atoms with Crippen LogP contribution in [0.15, 0.2) is 43.0 Å². The molecule has 0 amide bonds. The zero-order valence-electron chi connectivity index (χ0n) is 12.5. The normalized spacial score (nSPS) is 12.4. The Morgan fingerprint density at radius 2 is 1.95 bits per heavy atom. The van der Waals surface area contributed by atoms with Crippen LogP contribution >= 0.6 is 0 Å². The second-order valence-electron chi connectivity index (χ2n) is 5.23. The highest BCUT2D eigenvalue weighted by molar-refractivity contribution is 5.26. The average molecular weight is 286 g/mol. The van der Waals surface area contributed by atoms with Crippen LogP contribution in [-0.2, 0) is 6.42 Å². The molecule has 0 saturated carbocycles. The fourth-order valence-electron chi connectivity index (χ4n) is 2.17. The maximum Gasteiger partial charge on any atom is 0.138 e. The first-order valence-electron chi connectivity index (χ1n) is 7.15. The molecule has 112 valence electrons. The molecule has 0 aliphatic heterocycles. The summed E-state index contributed by atoms with van der Waals surface area (Å²) < 4.78 is 5.67. The Bertz CT molecular complexity index is 545. The number of hydrazine groups is 1. The third kappa shape index (κ3) is 4.81. The highest BCUT2D eigenvalue weighted by Crippen LogP contribution is 2.22. The third-order valence-corrected chi connectivity index (χ3v) is 3.18. The Morgan fingerprint density at radius 1 is 1.19 bits per heavy atom. The molecule has 1 unspecified atom stereocenters. The van der Waals surface area contributed by atoms with E-state index in [2.05, 4.69) is 15.4 Å². The first-order chi connectivity index (χ1) is 10.2. The van der Waals surface area contributed by atoms with Crippen molar-refractivity contribution in [1.82, 2.24) is 15.4 Å². The second-order valence-corrected chi connectivity index (χ2v) is 5.23. The van der Waals surface area contributed by atoms with Crippen LogP contribution in [0.5, 0.6) is 5.75 Å². The van der Waals surface area contributed by atoms with Crippen molar-refractivity contribution >= 4 is 0 Å². The van der Waals surface area contributed by atoms with Crippen molar-refractivity contribution in [2.75, 3.05) is 0 Å². The first-order valence-corrected chi connectivity index (χ1v) is 7.15. The Labute approximate surface area is 125 Å². The fourth-order valence-corrected chi connectivity index (χ4v) is 2.17. The first kappa shape index (κ1) is 15.4. The van der Waals surface area contributed by atoms with E-state index in [1.807, 2.05) is 38.2 Å². The monoisotopic (exact) mass is 286 g/mol. The van der Waals surface area contributed by atoms with E-state index < -0.39 is 0 Å².